The summed E-state index contributed by atoms with van der Waals surface area (Å²) in [5.41, 5.74) is 3.44. The van der Waals surface area contributed by atoms with Crippen molar-refractivity contribution in [3.63, 3.8) is 0 Å². The van der Waals surface area contributed by atoms with Crippen LogP contribution in [-0.4, -0.2) is 15.1 Å². The van der Waals surface area contributed by atoms with Gasteiger partial charge in [-0.05, 0) is 17.7 Å². The number of halogens is 1. The minimum Gasteiger partial charge on any atom is -0.388 e. The number of hydrogen-bond acceptors (Lipinski definition) is 3. The van der Waals surface area contributed by atoms with Gasteiger partial charge in [0.05, 0.1) is 17.1 Å². The molecule has 0 radical (unpaired) electrons. The van der Waals surface area contributed by atoms with Crippen molar-refractivity contribution < 1.29 is 5.11 Å². The molecule has 0 aliphatic rings. The average molecular weight is 329 g/mol. The molecule has 20 heavy (non-hydrogen) atoms. The van der Waals surface area contributed by atoms with E-state index in [2.05, 4.69) is 25.9 Å². The first-order valence-corrected chi connectivity index (χ1v) is 7.16. The van der Waals surface area contributed by atoms with Crippen LogP contribution in [0, 0.1) is 0 Å². The maximum atomic E-state index is 10.5. The summed E-state index contributed by atoms with van der Waals surface area (Å²) in [4.78, 5) is 8.60. The van der Waals surface area contributed by atoms with Crippen molar-refractivity contribution in [3.05, 3.63) is 70.5 Å². The van der Waals surface area contributed by atoms with E-state index >= 15 is 0 Å². The fourth-order valence-electron chi connectivity index (χ4n) is 2.27. The molecule has 1 unspecified atom stereocenters. The summed E-state index contributed by atoms with van der Waals surface area (Å²) in [6.07, 6.45) is 3.24. The second kappa shape index (κ2) is 5.69. The lowest BCUT2D eigenvalue weighted by Crippen LogP contribution is -2.04. The van der Waals surface area contributed by atoms with Crippen molar-refractivity contribution in [1.29, 1.82) is 0 Å². The third-order valence-electron chi connectivity index (χ3n) is 3.26. The Morgan fingerprint density at radius 3 is 2.65 bits per heavy atom. The number of aromatic nitrogens is 2. The molecule has 1 heterocycles. The van der Waals surface area contributed by atoms with Gasteiger partial charge in [-0.25, -0.2) is 0 Å². The minimum atomic E-state index is -0.603. The van der Waals surface area contributed by atoms with Crippen LogP contribution in [0.1, 0.15) is 17.2 Å². The van der Waals surface area contributed by atoms with E-state index in [0.29, 0.717) is 6.42 Å². The molecule has 1 N–H and O–H groups in total. The summed E-state index contributed by atoms with van der Waals surface area (Å²) in [5, 5.41) is 10.5. The third kappa shape index (κ3) is 2.57. The summed E-state index contributed by atoms with van der Waals surface area (Å²) in [6.45, 7) is 0. The fourth-order valence-corrected chi connectivity index (χ4v) is 2.71. The van der Waals surface area contributed by atoms with E-state index in [1.54, 1.807) is 12.4 Å². The van der Waals surface area contributed by atoms with Gasteiger partial charge < -0.3 is 5.11 Å². The van der Waals surface area contributed by atoms with Gasteiger partial charge in [0.1, 0.15) is 0 Å². The molecular formula is C16H13BrN2O. The lowest BCUT2D eigenvalue weighted by molar-refractivity contribution is 0.179. The number of aliphatic hydroxyl groups is 1. The Kier molecular flexibility index (Phi) is 3.76. The lowest BCUT2D eigenvalue weighted by atomic mass is 10.00. The first-order valence-electron chi connectivity index (χ1n) is 6.37. The Hall–Kier alpha value is -1.78. The molecule has 0 saturated carbocycles. The summed E-state index contributed by atoms with van der Waals surface area (Å²) in [7, 11) is 0. The molecule has 3 aromatic rings. The van der Waals surface area contributed by atoms with Gasteiger partial charge in [0.15, 0.2) is 0 Å². The highest BCUT2D eigenvalue weighted by molar-refractivity contribution is 9.10. The summed E-state index contributed by atoms with van der Waals surface area (Å²) >= 11 is 3.51. The quantitative estimate of drug-likeness (QED) is 0.797. The Labute approximate surface area is 125 Å². The van der Waals surface area contributed by atoms with Gasteiger partial charge in [-0.1, -0.05) is 46.3 Å². The Morgan fingerprint density at radius 2 is 1.80 bits per heavy atom. The first-order chi connectivity index (χ1) is 9.75. The Bertz CT molecular complexity index is 740. The zero-order valence-corrected chi connectivity index (χ0v) is 12.3. The zero-order valence-electron chi connectivity index (χ0n) is 10.7. The molecule has 100 valence electrons. The fraction of sp³-hybridized carbons (Fsp3) is 0.125. The van der Waals surface area contributed by atoms with Gasteiger partial charge in [-0.15, -0.1) is 0 Å². The molecule has 2 aromatic carbocycles. The van der Waals surface area contributed by atoms with E-state index < -0.39 is 6.10 Å². The molecule has 0 saturated heterocycles. The first kappa shape index (κ1) is 13.2. The second-order valence-corrected chi connectivity index (χ2v) is 5.44. The van der Waals surface area contributed by atoms with Crippen LogP contribution in [0.15, 0.2) is 59.3 Å². The maximum absolute atomic E-state index is 10.5. The van der Waals surface area contributed by atoms with Gasteiger partial charge in [-0.3, -0.25) is 9.97 Å². The summed E-state index contributed by atoms with van der Waals surface area (Å²) in [6, 6.07) is 13.6. The largest absolute Gasteiger partial charge is 0.388 e. The van der Waals surface area contributed by atoms with E-state index in [1.807, 2.05) is 42.5 Å². The van der Waals surface area contributed by atoms with Crippen molar-refractivity contribution in [3.8, 4) is 0 Å². The molecule has 3 rings (SSSR count). The SMILES string of the molecule is OC(Cc1ccccc1Br)c1cccc2nccnc12. The number of para-hydroxylation sites is 1. The zero-order chi connectivity index (χ0) is 13.9. The monoisotopic (exact) mass is 328 g/mol. The lowest BCUT2D eigenvalue weighted by Gasteiger charge is -2.13. The van der Waals surface area contributed by atoms with Crippen molar-refractivity contribution in [2.45, 2.75) is 12.5 Å². The Balaban J connectivity index is 1.97. The van der Waals surface area contributed by atoms with E-state index in [1.165, 1.54) is 0 Å². The topological polar surface area (TPSA) is 46.0 Å². The van der Waals surface area contributed by atoms with Gasteiger partial charge in [0.25, 0.3) is 0 Å². The molecule has 0 spiro atoms. The highest BCUT2D eigenvalue weighted by Gasteiger charge is 2.14. The van der Waals surface area contributed by atoms with E-state index in [-0.39, 0.29) is 0 Å². The predicted octanol–water partition coefficient (Wildman–Crippen LogP) is 3.67. The number of benzene rings is 2. The molecular weight excluding hydrogens is 316 g/mol. The highest BCUT2D eigenvalue weighted by Crippen LogP contribution is 2.27. The molecule has 0 aliphatic heterocycles. The molecule has 1 aromatic heterocycles. The number of nitrogens with zero attached hydrogens (tertiary/aromatic N) is 2. The molecule has 0 bridgehead atoms. The minimum absolute atomic E-state index is 0.539. The van der Waals surface area contributed by atoms with Crippen LogP contribution < -0.4 is 0 Å². The van der Waals surface area contributed by atoms with Crippen LogP contribution in [0.25, 0.3) is 11.0 Å². The van der Waals surface area contributed by atoms with Crippen molar-refractivity contribution >= 4 is 27.0 Å². The van der Waals surface area contributed by atoms with Crippen molar-refractivity contribution in [1.82, 2.24) is 9.97 Å². The molecule has 0 amide bonds. The van der Waals surface area contributed by atoms with Crippen molar-refractivity contribution in [2.75, 3.05) is 0 Å². The van der Waals surface area contributed by atoms with E-state index in [0.717, 1.165) is 26.6 Å². The van der Waals surface area contributed by atoms with E-state index in [4.69, 9.17) is 0 Å². The van der Waals surface area contributed by atoms with Gasteiger partial charge in [-0.2, -0.15) is 0 Å². The van der Waals surface area contributed by atoms with Crippen LogP contribution in [0.3, 0.4) is 0 Å². The molecule has 0 fully saturated rings. The van der Waals surface area contributed by atoms with Crippen LogP contribution in [-0.2, 0) is 6.42 Å². The van der Waals surface area contributed by atoms with Gasteiger partial charge >= 0.3 is 0 Å². The van der Waals surface area contributed by atoms with Gasteiger partial charge in [0, 0.05) is 28.9 Å². The summed E-state index contributed by atoms with van der Waals surface area (Å²) in [5.74, 6) is 0. The van der Waals surface area contributed by atoms with Crippen LogP contribution >= 0.6 is 15.9 Å². The van der Waals surface area contributed by atoms with Crippen LogP contribution in [0.5, 0.6) is 0 Å². The predicted molar refractivity (Wildman–Crippen MR) is 82.3 cm³/mol. The number of aliphatic hydroxyl groups excluding tert-OH is 1. The van der Waals surface area contributed by atoms with Crippen molar-refractivity contribution in [2.24, 2.45) is 0 Å². The second-order valence-electron chi connectivity index (χ2n) is 4.58. The normalized spacial score (nSPS) is 12.5. The Morgan fingerprint density at radius 1 is 1.00 bits per heavy atom. The molecule has 0 aliphatic carbocycles. The van der Waals surface area contributed by atoms with Gasteiger partial charge in [0.2, 0.25) is 0 Å². The third-order valence-corrected chi connectivity index (χ3v) is 4.03. The summed E-state index contributed by atoms with van der Waals surface area (Å²) < 4.78 is 1.00. The maximum Gasteiger partial charge on any atom is 0.0944 e. The molecule has 4 heteroatoms. The molecule has 3 nitrogen and oxygen atoms in total. The number of fused-ring (bicyclic) bond motifs is 1. The van der Waals surface area contributed by atoms with Crippen LogP contribution in [0.4, 0.5) is 0 Å². The highest BCUT2D eigenvalue weighted by atomic mass is 79.9. The van der Waals surface area contributed by atoms with E-state index in [9.17, 15) is 5.11 Å². The smallest absolute Gasteiger partial charge is 0.0944 e. The van der Waals surface area contributed by atoms with Crippen LogP contribution in [0.2, 0.25) is 0 Å². The number of rotatable bonds is 3. The molecule has 1 atom stereocenters. The average Bonchev–Trinajstić information content (AvgIpc) is 2.49. The number of hydrogen-bond donors (Lipinski definition) is 1. The standard InChI is InChI=1S/C16H13BrN2O/c17-13-6-2-1-4-11(13)10-15(20)12-5-3-7-14-16(12)19-9-8-18-14/h1-9,15,20H,10H2.